The van der Waals surface area contributed by atoms with Crippen molar-refractivity contribution in [1.29, 1.82) is 0 Å². The first-order valence-corrected chi connectivity index (χ1v) is 7.54. The molecule has 2 heterocycles. The number of hydrogen-bond donors (Lipinski definition) is 1. The molecule has 0 spiro atoms. The minimum Gasteiger partial charge on any atom is -0.296 e. The zero-order valence-electron chi connectivity index (χ0n) is 10.5. The number of carbonyl (C=O) groups excluding carboxylic acids is 1. The molecule has 0 bridgehead atoms. The van der Waals surface area contributed by atoms with E-state index < -0.39 is 0 Å². The number of nitrogens with zero attached hydrogens (tertiary/aromatic N) is 3. The summed E-state index contributed by atoms with van der Waals surface area (Å²) in [6.07, 6.45) is 0. The van der Waals surface area contributed by atoms with E-state index >= 15 is 0 Å². The van der Waals surface area contributed by atoms with Gasteiger partial charge in [0.2, 0.25) is 5.13 Å². The summed E-state index contributed by atoms with van der Waals surface area (Å²) >= 11 is 2.66. The highest BCUT2D eigenvalue weighted by molar-refractivity contribution is 7.15. The van der Waals surface area contributed by atoms with Gasteiger partial charge in [0.05, 0.1) is 10.7 Å². The Labute approximate surface area is 123 Å². The van der Waals surface area contributed by atoms with E-state index in [-0.39, 0.29) is 5.91 Å². The Kier molecular flexibility index (Phi) is 3.53. The molecule has 7 heteroatoms. The van der Waals surface area contributed by atoms with E-state index in [4.69, 9.17) is 0 Å². The van der Waals surface area contributed by atoms with Gasteiger partial charge >= 0.3 is 0 Å². The van der Waals surface area contributed by atoms with Crippen LogP contribution in [0.3, 0.4) is 0 Å². The Hall–Kier alpha value is -2.12. The molecule has 3 aromatic rings. The van der Waals surface area contributed by atoms with Crippen LogP contribution in [0.1, 0.15) is 14.7 Å². The second-order valence-corrected chi connectivity index (χ2v) is 6.01. The molecule has 1 amide bonds. The summed E-state index contributed by atoms with van der Waals surface area (Å²) in [6, 6.07) is 9.67. The fraction of sp³-hybridized carbons (Fsp3) is 0.0769. The Bertz CT molecular complexity index is 722. The summed E-state index contributed by atoms with van der Waals surface area (Å²) in [5.41, 5.74) is 3.21. The molecule has 0 unspecified atom stereocenters. The normalized spacial score (nSPS) is 10.4. The quantitative estimate of drug-likeness (QED) is 0.806. The molecule has 0 atom stereocenters. The van der Waals surface area contributed by atoms with Gasteiger partial charge in [0.25, 0.3) is 5.91 Å². The van der Waals surface area contributed by atoms with Gasteiger partial charge in [0, 0.05) is 5.56 Å². The molecule has 100 valence electrons. The minimum absolute atomic E-state index is 0.203. The highest BCUT2D eigenvalue weighted by atomic mass is 32.1. The van der Waals surface area contributed by atoms with Gasteiger partial charge in [-0.15, -0.1) is 21.5 Å². The van der Waals surface area contributed by atoms with Crippen molar-refractivity contribution in [3.8, 4) is 11.3 Å². The van der Waals surface area contributed by atoms with E-state index in [1.807, 2.05) is 37.3 Å². The van der Waals surface area contributed by atoms with Gasteiger partial charge in [-0.2, -0.15) is 0 Å². The summed E-state index contributed by atoms with van der Waals surface area (Å²) in [7, 11) is 0. The summed E-state index contributed by atoms with van der Waals surface area (Å²) in [4.78, 5) is 17.4. The van der Waals surface area contributed by atoms with E-state index in [0.717, 1.165) is 10.6 Å². The molecule has 0 saturated carbocycles. The fourth-order valence-electron chi connectivity index (χ4n) is 1.75. The van der Waals surface area contributed by atoms with Crippen molar-refractivity contribution in [2.45, 2.75) is 6.92 Å². The molecule has 0 radical (unpaired) electrons. The van der Waals surface area contributed by atoms with Crippen molar-refractivity contribution in [2.24, 2.45) is 0 Å². The lowest BCUT2D eigenvalue weighted by Gasteiger charge is -2.02. The molecule has 0 aliphatic rings. The number of rotatable bonds is 3. The van der Waals surface area contributed by atoms with E-state index in [2.05, 4.69) is 20.5 Å². The molecular weight excluding hydrogens is 292 g/mol. The number of aromatic nitrogens is 3. The molecule has 0 fully saturated rings. The molecule has 5 nitrogen and oxygen atoms in total. The molecule has 2 aromatic heterocycles. The van der Waals surface area contributed by atoms with Gasteiger partial charge in [-0.25, -0.2) is 4.98 Å². The highest BCUT2D eigenvalue weighted by Gasteiger charge is 2.18. The van der Waals surface area contributed by atoms with E-state index in [1.54, 1.807) is 5.51 Å². The van der Waals surface area contributed by atoms with Crippen LogP contribution in [0.4, 0.5) is 5.13 Å². The van der Waals surface area contributed by atoms with Gasteiger partial charge in [-0.3, -0.25) is 10.1 Å². The summed E-state index contributed by atoms with van der Waals surface area (Å²) in [6.45, 7) is 1.89. The van der Waals surface area contributed by atoms with E-state index in [1.165, 1.54) is 22.7 Å². The van der Waals surface area contributed by atoms with Crippen molar-refractivity contribution < 1.29 is 4.79 Å². The maximum atomic E-state index is 12.3. The molecule has 3 rings (SSSR count). The smallest absolute Gasteiger partial charge is 0.269 e. The topological polar surface area (TPSA) is 67.8 Å². The van der Waals surface area contributed by atoms with Crippen molar-refractivity contribution in [3.63, 3.8) is 0 Å². The Balaban J connectivity index is 1.96. The van der Waals surface area contributed by atoms with Crippen LogP contribution in [0.5, 0.6) is 0 Å². The van der Waals surface area contributed by atoms with Gasteiger partial charge in [0.1, 0.15) is 10.4 Å². The molecule has 20 heavy (non-hydrogen) atoms. The van der Waals surface area contributed by atoms with Crippen molar-refractivity contribution in [1.82, 2.24) is 15.2 Å². The Morgan fingerprint density at radius 3 is 2.75 bits per heavy atom. The summed E-state index contributed by atoms with van der Waals surface area (Å²) in [5, 5.41) is 11.6. The predicted octanol–water partition coefficient (Wildman–Crippen LogP) is 3.22. The standard InChI is InChI=1S/C13H10N4OS2/c1-8-15-10(9-5-3-2-4-6-9)11(20-8)12(18)16-13-17-14-7-19-13/h2-7H,1H3,(H,16,17,18). The third kappa shape index (κ3) is 2.59. The van der Waals surface area contributed by atoms with Crippen LogP contribution in [-0.2, 0) is 0 Å². The lowest BCUT2D eigenvalue weighted by atomic mass is 10.1. The van der Waals surface area contributed by atoms with Gasteiger partial charge in [0.15, 0.2) is 0 Å². The molecular formula is C13H10N4OS2. The lowest BCUT2D eigenvalue weighted by molar-refractivity contribution is 0.103. The van der Waals surface area contributed by atoms with Crippen LogP contribution in [0.15, 0.2) is 35.8 Å². The largest absolute Gasteiger partial charge is 0.296 e. The number of thiazole rings is 1. The summed E-state index contributed by atoms with van der Waals surface area (Å²) < 4.78 is 0. The maximum absolute atomic E-state index is 12.3. The number of benzene rings is 1. The van der Waals surface area contributed by atoms with Gasteiger partial charge in [-0.1, -0.05) is 41.7 Å². The van der Waals surface area contributed by atoms with Crippen LogP contribution in [-0.4, -0.2) is 21.1 Å². The monoisotopic (exact) mass is 302 g/mol. The SMILES string of the molecule is Cc1nc(-c2ccccc2)c(C(=O)Nc2nncs2)s1. The third-order valence-electron chi connectivity index (χ3n) is 2.57. The molecule has 0 aliphatic carbocycles. The molecule has 1 N–H and O–H groups in total. The predicted molar refractivity (Wildman–Crippen MR) is 80.1 cm³/mol. The van der Waals surface area contributed by atoms with Crippen molar-refractivity contribution in [3.05, 3.63) is 45.7 Å². The average molecular weight is 302 g/mol. The first-order chi connectivity index (χ1) is 9.74. The molecule has 0 aliphatic heterocycles. The number of amides is 1. The number of anilines is 1. The minimum atomic E-state index is -0.203. The van der Waals surface area contributed by atoms with Crippen LogP contribution in [0.2, 0.25) is 0 Å². The van der Waals surface area contributed by atoms with Crippen molar-refractivity contribution >= 4 is 33.7 Å². The van der Waals surface area contributed by atoms with Crippen molar-refractivity contribution in [2.75, 3.05) is 5.32 Å². The zero-order valence-corrected chi connectivity index (χ0v) is 12.2. The highest BCUT2D eigenvalue weighted by Crippen LogP contribution is 2.28. The lowest BCUT2D eigenvalue weighted by Crippen LogP contribution is -2.11. The van der Waals surface area contributed by atoms with Crippen LogP contribution < -0.4 is 5.32 Å². The van der Waals surface area contributed by atoms with Crippen LogP contribution in [0.25, 0.3) is 11.3 Å². The number of carbonyl (C=O) groups is 1. The fourth-order valence-corrected chi connectivity index (χ4v) is 3.03. The third-order valence-corrected chi connectivity index (χ3v) is 4.14. The maximum Gasteiger partial charge on any atom is 0.269 e. The van der Waals surface area contributed by atoms with E-state index in [0.29, 0.717) is 15.7 Å². The number of aryl methyl sites for hydroxylation is 1. The second kappa shape index (κ2) is 5.48. The molecule has 1 aromatic carbocycles. The van der Waals surface area contributed by atoms with Crippen LogP contribution in [0, 0.1) is 6.92 Å². The molecule has 0 saturated heterocycles. The van der Waals surface area contributed by atoms with E-state index in [9.17, 15) is 4.79 Å². The zero-order chi connectivity index (χ0) is 13.9. The van der Waals surface area contributed by atoms with Gasteiger partial charge in [-0.05, 0) is 6.92 Å². The Morgan fingerprint density at radius 2 is 2.05 bits per heavy atom. The number of hydrogen-bond acceptors (Lipinski definition) is 6. The van der Waals surface area contributed by atoms with Gasteiger partial charge < -0.3 is 0 Å². The second-order valence-electron chi connectivity index (χ2n) is 3.97. The van der Waals surface area contributed by atoms with Crippen LogP contribution >= 0.6 is 22.7 Å². The average Bonchev–Trinajstić information content (AvgIpc) is 3.09. The Morgan fingerprint density at radius 1 is 1.25 bits per heavy atom. The number of nitrogens with one attached hydrogen (secondary N) is 1. The first-order valence-electron chi connectivity index (χ1n) is 5.84. The summed E-state index contributed by atoms with van der Waals surface area (Å²) in [5.74, 6) is -0.203. The first kappa shape index (κ1) is 12.9.